The monoisotopic (exact) mass is 294 g/mol. The first-order valence-corrected chi connectivity index (χ1v) is 7.51. The molecule has 0 spiro atoms. The number of carbonyl (C=O) groups is 1. The highest BCUT2D eigenvalue weighted by Crippen LogP contribution is 2.49. The van der Waals surface area contributed by atoms with Crippen molar-refractivity contribution in [3.8, 4) is 0 Å². The molecule has 3 unspecified atom stereocenters. The summed E-state index contributed by atoms with van der Waals surface area (Å²) in [6, 6.07) is 4.54. The van der Waals surface area contributed by atoms with E-state index < -0.39 is 11.6 Å². The van der Waals surface area contributed by atoms with Crippen molar-refractivity contribution in [2.24, 2.45) is 5.92 Å². The molecule has 21 heavy (non-hydrogen) atoms. The van der Waals surface area contributed by atoms with Gasteiger partial charge in [0.15, 0.2) is 11.6 Å². The predicted octanol–water partition coefficient (Wildman–Crippen LogP) is 2.28. The lowest BCUT2D eigenvalue weighted by Crippen LogP contribution is -2.47. The third-order valence-electron chi connectivity index (χ3n) is 4.63. The summed E-state index contributed by atoms with van der Waals surface area (Å²) in [5.74, 6) is -1.90. The number of hydrogen-bond donors (Lipinski definition) is 1. The van der Waals surface area contributed by atoms with Gasteiger partial charge in [0.1, 0.15) is 0 Å². The van der Waals surface area contributed by atoms with Crippen LogP contribution in [0.1, 0.15) is 30.7 Å². The zero-order chi connectivity index (χ0) is 15.0. The van der Waals surface area contributed by atoms with Crippen LogP contribution in [0.5, 0.6) is 0 Å². The van der Waals surface area contributed by atoms with Gasteiger partial charge in [-0.15, -0.1) is 0 Å². The molecule has 0 bridgehead atoms. The Labute approximate surface area is 123 Å². The molecular formula is C16H20F2N2O. The van der Waals surface area contributed by atoms with Crippen molar-refractivity contribution < 1.29 is 13.6 Å². The SMILES string of the molecule is CNC1CCCN(C(=O)C2CC2c2cccc(F)c2F)C1. The van der Waals surface area contributed by atoms with Crippen molar-refractivity contribution in [2.45, 2.75) is 31.2 Å². The molecule has 1 amide bonds. The molecule has 0 radical (unpaired) electrons. The Bertz CT molecular complexity index is 549. The number of carbonyl (C=O) groups excluding carboxylic acids is 1. The van der Waals surface area contributed by atoms with Gasteiger partial charge in [0.25, 0.3) is 0 Å². The van der Waals surface area contributed by atoms with Crippen LogP contribution in [0.15, 0.2) is 18.2 Å². The molecule has 2 aliphatic rings. The number of likely N-dealkylation sites (N-methyl/N-ethyl adjacent to an activating group) is 1. The molecule has 1 heterocycles. The van der Waals surface area contributed by atoms with Crippen LogP contribution in [-0.2, 0) is 4.79 Å². The van der Waals surface area contributed by atoms with Gasteiger partial charge in [-0.2, -0.15) is 0 Å². The van der Waals surface area contributed by atoms with E-state index in [4.69, 9.17) is 0 Å². The summed E-state index contributed by atoms with van der Waals surface area (Å²) in [5, 5.41) is 3.20. The predicted molar refractivity (Wildman–Crippen MR) is 75.9 cm³/mol. The van der Waals surface area contributed by atoms with Crippen LogP contribution in [0.4, 0.5) is 8.78 Å². The van der Waals surface area contributed by atoms with Crippen LogP contribution in [-0.4, -0.2) is 37.0 Å². The molecule has 3 nitrogen and oxygen atoms in total. The maximum Gasteiger partial charge on any atom is 0.226 e. The van der Waals surface area contributed by atoms with Gasteiger partial charge >= 0.3 is 0 Å². The summed E-state index contributed by atoms with van der Waals surface area (Å²) in [5.41, 5.74) is 0.343. The van der Waals surface area contributed by atoms with Crippen LogP contribution < -0.4 is 5.32 Å². The van der Waals surface area contributed by atoms with Gasteiger partial charge in [-0.3, -0.25) is 4.79 Å². The summed E-state index contributed by atoms with van der Waals surface area (Å²) in [6.45, 7) is 1.48. The third kappa shape index (κ3) is 2.79. The Morgan fingerprint density at radius 1 is 1.38 bits per heavy atom. The van der Waals surface area contributed by atoms with E-state index in [9.17, 15) is 13.6 Å². The van der Waals surface area contributed by atoms with E-state index in [2.05, 4.69) is 5.32 Å². The zero-order valence-electron chi connectivity index (χ0n) is 12.1. The van der Waals surface area contributed by atoms with Crippen molar-refractivity contribution in [1.29, 1.82) is 0 Å². The number of nitrogens with zero attached hydrogens (tertiary/aromatic N) is 1. The van der Waals surface area contributed by atoms with Crippen LogP contribution in [0, 0.1) is 17.6 Å². The maximum atomic E-state index is 13.8. The minimum absolute atomic E-state index is 0.0867. The van der Waals surface area contributed by atoms with E-state index in [-0.39, 0.29) is 17.7 Å². The molecule has 1 N–H and O–H groups in total. The standard InChI is InChI=1S/C16H20F2N2O/c1-19-10-4-3-7-20(9-10)16(21)13-8-12(13)11-5-2-6-14(17)15(11)18/h2,5-6,10,12-13,19H,3-4,7-9H2,1H3. The van der Waals surface area contributed by atoms with Crippen molar-refractivity contribution in [2.75, 3.05) is 20.1 Å². The normalized spacial score (nSPS) is 28.5. The lowest BCUT2D eigenvalue weighted by molar-refractivity contribution is -0.134. The number of amides is 1. The summed E-state index contributed by atoms with van der Waals surface area (Å²) in [6.07, 6.45) is 2.69. The van der Waals surface area contributed by atoms with Gasteiger partial charge < -0.3 is 10.2 Å². The molecule has 1 aliphatic carbocycles. The first-order chi connectivity index (χ1) is 10.1. The smallest absolute Gasteiger partial charge is 0.226 e. The zero-order valence-corrected chi connectivity index (χ0v) is 12.1. The number of benzene rings is 1. The first kappa shape index (κ1) is 14.4. The second-order valence-electron chi connectivity index (χ2n) is 6.00. The molecule has 1 aromatic carbocycles. The van der Waals surface area contributed by atoms with Crippen LogP contribution in [0.25, 0.3) is 0 Å². The second kappa shape index (κ2) is 5.72. The summed E-state index contributed by atoms with van der Waals surface area (Å²) in [7, 11) is 1.90. The van der Waals surface area contributed by atoms with E-state index in [0.29, 0.717) is 24.6 Å². The lowest BCUT2D eigenvalue weighted by Gasteiger charge is -2.32. The molecule has 3 atom stereocenters. The van der Waals surface area contributed by atoms with E-state index in [1.807, 2.05) is 11.9 Å². The van der Waals surface area contributed by atoms with Gasteiger partial charge in [-0.25, -0.2) is 8.78 Å². The Balaban J connectivity index is 1.67. The van der Waals surface area contributed by atoms with E-state index >= 15 is 0 Å². The Morgan fingerprint density at radius 2 is 2.19 bits per heavy atom. The third-order valence-corrected chi connectivity index (χ3v) is 4.63. The van der Waals surface area contributed by atoms with Crippen molar-refractivity contribution in [3.63, 3.8) is 0 Å². The fraction of sp³-hybridized carbons (Fsp3) is 0.562. The highest BCUT2D eigenvalue weighted by Gasteiger charge is 2.47. The number of hydrogen-bond acceptors (Lipinski definition) is 2. The molecule has 0 aromatic heterocycles. The van der Waals surface area contributed by atoms with E-state index in [1.54, 1.807) is 6.07 Å². The van der Waals surface area contributed by atoms with Gasteiger partial charge in [0.2, 0.25) is 5.91 Å². The minimum atomic E-state index is -0.834. The number of piperidine rings is 1. The molecule has 114 valence electrons. The maximum absolute atomic E-state index is 13.8. The quantitative estimate of drug-likeness (QED) is 0.927. The van der Waals surface area contributed by atoms with E-state index in [1.165, 1.54) is 6.07 Å². The van der Waals surface area contributed by atoms with Crippen molar-refractivity contribution in [1.82, 2.24) is 10.2 Å². The largest absolute Gasteiger partial charge is 0.341 e. The average Bonchev–Trinajstić information content (AvgIpc) is 3.29. The first-order valence-electron chi connectivity index (χ1n) is 7.51. The highest BCUT2D eigenvalue weighted by atomic mass is 19.2. The molecule has 1 saturated heterocycles. The number of nitrogens with one attached hydrogen (secondary N) is 1. The number of halogens is 2. The molecule has 2 fully saturated rings. The average molecular weight is 294 g/mol. The van der Waals surface area contributed by atoms with Crippen LogP contribution in [0.2, 0.25) is 0 Å². The van der Waals surface area contributed by atoms with Gasteiger partial charge in [-0.05, 0) is 43.9 Å². The minimum Gasteiger partial charge on any atom is -0.341 e. The summed E-state index contributed by atoms with van der Waals surface area (Å²) >= 11 is 0. The Hall–Kier alpha value is -1.49. The molecular weight excluding hydrogens is 274 g/mol. The van der Waals surface area contributed by atoms with Gasteiger partial charge in [0, 0.05) is 25.0 Å². The molecule has 3 rings (SSSR count). The van der Waals surface area contributed by atoms with E-state index in [0.717, 1.165) is 25.5 Å². The molecule has 1 saturated carbocycles. The topological polar surface area (TPSA) is 32.3 Å². The molecule has 1 aromatic rings. The lowest BCUT2D eigenvalue weighted by atomic mass is 10.0. The van der Waals surface area contributed by atoms with Crippen LogP contribution in [0.3, 0.4) is 0 Å². The van der Waals surface area contributed by atoms with Gasteiger partial charge in [-0.1, -0.05) is 12.1 Å². The summed E-state index contributed by atoms with van der Waals surface area (Å²) < 4.78 is 27.0. The molecule has 1 aliphatic heterocycles. The van der Waals surface area contributed by atoms with Crippen molar-refractivity contribution in [3.05, 3.63) is 35.4 Å². The highest BCUT2D eigenvalue weighted by molar-refractivity contribution is 5.83. The fourth-order valence-corrected chi connectivity index (χ4v) is 3.27. The number of likely N-dealkylation sites (tertiary alicyclic amines) is 1. The Morgan fingerprint density at radius 3 is 2.95 bits per heavy atom. The fourth-order valence-electron chi connectivity index (χ4n) is 3.27. The number of rotatable bonds is 3. The van der Waals surface area contributed by atoms with Crippen molar-refractivity contribution >= 4 is 5.91 Å². The summed E-state index contributed by atoms with van der Waals surface area (Å²) in [4.78, 5) is 14.4. The van der Waals surface area contributed by atoms with Crippen LogP contribution >= 0.6 is 0 Å². The Kier molecular flexibility index (Phi) is 3.93. The second-order valence-corrected chi connectivity index (χ2v) is 6.00. The van der Waals surface area contributed by atoms with Gasteiger partial charge in [0.05, 0.1) is 0 Å². The molecule has 5 heteroatoms.